The predicted octanol–water partition coefficient (Wildman–Crippen LogP) is 5.23. The number of nitrogens with one attached hydrogen (secondary N) is 2. The molecule has 0 unspecified atom stereocenters. The van der Waals surface area contributed by atoms with Gasteiger partial charge in [-0.3, -0.25) is 10.1 Å². The fourth-order valence-electron chi connectivity index (χ4n) is 2.21. The molecule has 1 amide bonds. The Kier molecular flexibility index (Phi) is 8.86. The molecule has 0 radical (unpaired) electrons. The molecule has 1 heterocycles. The third-order valence-corrected chi connectivity index (χ3v) is 4.60. The van der Waals surface area contributed by atoms with Crippen LogP contribution < -0.4 is 15.4 Å². The number of thiophene rings is 1. The Bertz CT molecular complexity index is 710. The van der Waals surface area contributed by atoms with E-state index in [-0.39, 0.29) is 11.0 Å². The summed E-state index contributed by atoms with van der Waals surface area (Å²) >= 11 is 6.73. The molecule has 2 N–H and O–H groups in total. The van der Waals surface area contributed by atoms with Crippen LogP contribution in [0.25, 0.3) is 6.08 Å². The van der Waals surface area contributed by atoms with Gasteiger partial charge in [0.1, 0.15) is 5.75 Å². The van der Waals surface area contributed by atoms with Crippen LogP contribution in [0.2, 0.25) is 0 Å². The molecule has 0 saturated heterocycles. The van der Waals surface area contributed by atoms with Crippen molar-refractivity contribution in [2.75, 3.05) is 11.9 Å². The van der Waals surface area contributed by atoms with E-state index >= 15 is 0 Å². The first-order valence-electron chi connectivity index (χ1n) is 8.74. The molecule has 6 heteroatoms. The summed E-state index contributed by atoms with van der Waals surface area (Å²) in [5.41, 5.74) is 0.802. The number of benzene rings is 1. The molecular formula is C20H24N2O2S2. The Morgan fingerprint density at radius 1 is 1.19 bits per heavy atom. The molecule has 0 spiro atoms. The van der Waals surface area contributed by atoms with Crippen molar-refractivity contribution < 1.29 is 9.53 Å². The molecule has 2 rings (SSSR count). The first kappa shape index (κ1) is 20.1. The van der Waals surface area contributed by atoms with Crippen molar-refractivity contribution in [3.8, 4) is 5.75 Å². The summed E-state index contributed by atoms with van der Waals surface area (Å²) in [4.78, 5) is 12.9. The van der Waals surface area contributed by atoms with E-state index in [9.17, 15) is 4.79 Å². The van der Waals surface area contributed by atoms with Crippen LogP contribution in [0.3, 0.4) is 0 Å². The maximum Gasteiger partial charge on any atom is 0.250 e. The molecule has 4 nitrogen and oxygen atoms in total. The molecule has 0 fully saturated rings. The second-order valence-electron chi connectivity index (χ2n) is 5.73. The largest absolute Gasteiger partial charge is 0.494 e. The highest BCUT2D eigenvalue weighted by Gasteiger charge is 2.02. The number of rotatable bonds is 9. The second kappa shape index (κ2) is 11.4. The van der Waals surface area contributed by atoms with Crippen LogP contribution >= 0.6 is 23.6 Å². The van der Waals surface area contributed by atoms with Gasteiger partial charge in [-0.25, -0.2) is 0 Å². The standard InChI is InChI=1S/C20H24N2O2S2/c1-2-3-4-5-14-24-17-10-8-16(9-11-17)21-20(25)22-19(23)13-12-18-7-6-15-26-18/h6-13,15H,2-5,14H2,1H3,(H2,21,22,23,25). The Morgan fingerprint density at radius 2 is 2.00 bits per heavy atom. The third kappa shape index (κ3) is 7.80. The summed E-state index contributed by atoms with van der Waals surface area (Å²) in [6.45, 7) is 2.93. The lowest BCUT2D eigenvalue weighted by atomic mass is 10.2. The summed E-state index contributed by atoms with van der Waals surface area (Å²) in [6.07, 6.45) is 7.97. The Morgan fingerprint density at radius 3 is 2.69 bits per heavy atom. The number of carbonyl (C=O) groups excluding carboxylic acids is 1. The summed E-state index contributed by atoms with van der Waals surface area (Å²) in [7, 11) is 0. The van der Waals surface area contributed by atoms with Gasteiger partial charge in [0, 0.05) is 16.6 Å². The minimum Gasteiger partial charge on any atom is -0.494 e. The topological polar surface area (TPSA) is 50.4 Å². The molecule has 0 atom stereocenters. The predicted molar refractivity (Wildman–Crippen MR) is 114 cm³/mol. The molecule has 138 valence electrons. The van der Waals surface area contributed by atoms with Crippen LogP contribution in [0.15, 0.2) is 47.9 Å². The van der Waals surface area contributed by atoms with Gasteiger partial charge in [0.15, 0.2) is 5.11 Å². The molecule has 0 aliphatic heterocycles. The fourth-order valence-corrected chi connectivity index (χ4v) is 3.05. The minimum atomic E-state index is -0.261. The molecule has 0 saturated carbocycles. The van der Waals surface area contributed by atoms with Gasteiger partial charge in [0.05, 0.1) is 6.61 Å². The summed E-state index contributed by atoms with van der Waals surface area (Å²) in [5.74, 6) is 0.573. The Hall–Kier alpha value is -2.18. The number of unbranched alkanes of at least 4 members (excludes halogenated alkanes) is 3. The SMILES string of the molecule is CCCCCCOc1ccc(NC(=S)NC(=O)C=Cc2cccs2)cc1. The average molecular weight is 389 g/mol. The van der Waals surface area contributed by atoms with E-state index in [1.165, 1.54) is 25.3 Å². The van der Waals surface area contributed by atoms with Crippen molar-refractivity contribution in [2.24, 2.45) is 0 Å². The van der Waals surface area contributed by atoms with Crippen molar-refractivity contribution in [3.05, 3.63) is 52.7 Å². The number of hydrogen-bond donors (Lipinski definition) is 2. The van der Waals surface area contributed by atoms with Crippen LogP contribution in [0, 0.1) is 0 Å². The van der Waals surface area contributed by atoms with Gasteiger partial charge < -0.3 is 10.1 Å². The maximum atomic E-state index is 11.8. The molecule has 1 aromatic carbocycles. The van der Waals surface area contributed by atoms with Gasteiger partial charge in [0.2, 0.25) is 5.91 Å². The molecule has 2 aromatic rings. The Balaban J connectivity index is 1.72. The van der Waals surface area contributed by atoms with E-state index in [1.54, 1.807) is 17.4 Å². The highest BCUT2D eigenvalue weighted by molar-refractivity contribution is 7.80. The molecule has 0 aliphatic rings. The molecule has 1 aromatic heterocycles. The number of hydrogen-bond acceptors (Lipinski definition) is 4. The van der Waals surface area contributed by atoms with Crippen LogP contribution in [-0.4, -0.2) is 17.6 Å². The number of thiocarbonyl (C=S) groups is 1. The number of amides is 1. The van der Waals surface area contributed by atoms with Crippen LogP contribution in [0.1, 0.15) is 37.5 Å². The van der Waals surface area contributed by atoms with Gasteiger partial charge in [-0.05, 0) is 60.4 Å². The number of ether oxygens (including phenoxy) is 1. The van der Waals surface area contributed by atoms with E-state index in [0.29, 0.717) is 0 Å². The van der Waals surface area contributed by atoms with Crippen molar-refractivity contribution in [3.63, 3.8) is 0 Å². The second-order valence-corrected chi connectivity index (χ2v) is 7.11. The summed E-state index contributed by atoms with van der Waals surface area (Å²) in [6, 6.07) is 11.4. The van der Waals surface area contributed by atoms with Crippen molar-refractivity contribution >= 4 is 46.3 Å². The van der Waals surface area contributed by atoms with Gasteiger partial charge >= 0.3 is 0 Å². The van der Waals surface area contributed by atoms with E-state index in [4.69, 9.17) is 17.0 Å². The lowest BCUT2D eigenvalue weighted by Crippen LogP contribution is -2.32. The fraction of sp³-hybridized carbons (Fsp3) is 0.300. The first-order chi connectivity index (χ1) is 12.7. The normalized spacial score (nSPS) is 10.7. The smallest absolute Gasteiger partial charge is 0.250 e. The zero-order valence-electron chi connectivity index (χ0n) is 14.9. The first-order valence-corrected chi connectivity index (χ1v) is 10.0. The number of anilines is 1. The molecular weight excluding hydrogens is 364 g/mol. The van der Waals surface area contributed by atoms with E-state index in [1.807, 2.05) is 41.8 Å². The zero-order valence-corrected chi connectivity index (χ0v) is 16.5. The lowest BCUT2D eigenvalue weighted by molar-refractivity contribution is -0.115. The molecule has 26 heavy (non-hydrogen) atoms. The third-order valence-electron chi connectivity index (χ3n) is 3.56. The van der Waals surface area contributed by atoms with Gasteiger partial charge in [-0.2, -0.15) is 0 Å². The van der Waals surface area contributed by atoms with E-state index < -0.39 is 0 Å². The van der Waals surface area contributed by atoms with Crippen molar-refractivity contribution in [1.29, 1.82) is 0 Å². The van der Waals surface area contributed by atoms with E-state index in [2.05, 4.69) is 17.6 Å². The lowest BCUT2D eigenvalue weighted by Gasteiger charge is -2.10. The van der Waals surface area contributed by atoms with Gasteiger partial charge in [-0.15, -0.1) is 11.3 Å². The van der Waals surface area contributed by atoms with Crippen LogP contribution in [0.4, 0.5) is 5.69 Å². The molecule has 0 bridgehead atoms. The highest BCUT2D eigenvalue weighted by atomic mass is 32.1. The Labute approximate surface area is 164 Å². The number of carbonyl (C=O) groups is 1. The van der Waals surface area contributed by atoms with E-state index in [0.717, 1.165) is 29.3 Å². The summed E-state index contributed by atoms with van der Waals surface area (Å²) in [5, 5.41) is 7.84. The average Bonchev–Trinajstić information content (AvgIpc) is 3.15. The molecule has 0 aliphatic carbocycles. The van der Waals surface area contributed by atoms with Crippen LogP contribution in [-0.2, 0) is 4.79 Å². The van der Waals surface area contributed by atoms with Gasteiger partial charge in [0.25, 0.3) is 0 Å². The summed E-state index contributed by atoms with van der Waals surface area (Å²) < 4.78 is 5.71. The maximum absolute atomic E-state index is 11.8. The van der Waals surface area contributed by atoms with Crippen molar-refractivity contribution in [2.45, 2.75) is 32.6 Å². The van der Waals surface area contributed by atoms with Crippen LogP contribution in [0.5, 0.6) is 5.75 Å². The minimum absolute atomic E-state index is 0.261. The zero-order chi connectivity index (χ0) is 18.6. The quantitative estimate of drug-likeness (QED) is 0.351. The monoisotopic (exact) mass is 388 g/mol. The van der Waals surface area contributed by atoms with Gasteiger partial charge in [-0.1, -0.05) is 32.3 Å². The highest BCUT2D eigenvalue weighted by Crippen LogP contribution is 2.16. The van der Waals surface area contributed by atoms with Crippen molar-refractivity contribution in [1.82, 2.24) is 5.32 Å².